The predicted molar refractivity (Wildman–Crippen MR) is 80.2 cm³/mol. The molecule has 0 bridgehead atoms. The average Bonchev–Trinajstić information content (AvgIpc) is 2.38. The third-order valence-corrected chi connectivity index (χ3v) is 3.69. The van der Waals surface area contributed by atoms with Crippen molar-refractivity contribution in [1.82, 2.24) is 4.98 Å². The van der Waals surface area contributed by atoms with Gasteiger partial charge in [0.05, 0.1) is 6.04 Å². The fraction of sp³-hybridized carbons (Fsp3) is 0.214. The van der Waals surface area contributed by atoms with Crippen LogP contribution in [0, 0.1) is 0 Å². The van der Waals surface area contributed by atoms with Gasteiger partial charge in [-0.1, -0.05) is 23.7 Å². The van der Waals surface area contributed by atoms with Crippen molar-refractivity contribution < 1.29 is 0 Å². The first-order valence-corrected chi connectivity index (χ1v) is 6.85. The monoisotopic (exact) mass is 324 g/mol. The second-order valence-corrected chi connectivity index (χ2v) is 5.53. The molecule has 2 aromatic rings. The van der Waals surface area contributed by atoms with E-state index in [0.29, 0.717) is 0 Å². The first-order valence-electron chi connectivity index (χ1n) is 5.68. The van der Waals surface area contributed by atoms with Crippen molar-refractivity contribution >= 4 is 33.3 Å². The van der Waals surface area contributed by atoms with E-state index in [-0.39, 0.29) is 6.04 Å². The van der Waals surface area contributed by atoms with E-state index in [1.807, 2.05) is 37.4 Å². The highest BCUT2D eigenvalue weighted by atomic mass is 79.9. The zero-order valence-electron chi connectivity index (χ0n) is 10.3. The Morgan fingerprint density at radius 3 is 2.67 bits per heavy atom. The Bertz CT molecular complexity index is 528. The molecule has 94 valence electrons. The van der Waals surface area contributed by atoms with E-state index >= 15 is 0 Å². The molecule has 4 heteroatoms. The summed E-state index contributed by atoms with van der Waals surface area (Å²) >= 11 is 9.41. The summed E-state index contributed by atoms with van der Waals surface area (Å²) < 4.78 is 0.982. The van der Waals surface area contributed by atoms with Gasteiger partial charge in [0, 0.05) is 22.7 Å². The number of pyridine rings is 1. The van der Waals surface area contributed by atoms with Gasteiger partial charge in [-0.2, -0.15) is 0 Å². The normalized spacial score (nSPS) is 12.2. The summed E-state index contributed by atoms with van der Waals surface area (Å²) in [5.74, 6) is 0.936. The average molecular weight is 326 g/mol. The van der Waals surface area contributed by atoms with Gasteiger partial charge in [-0.3, -0.25) is 0 Å². The van der Waals surface area contributed by atoms with Crippen molar-refractivity contribution in [2.24, 2.45) is 0 Å². The molecule has 1 aromatic heterocycles. The number of benzene rings is 1. The quantitative estimate of drug-likeness (QED) is 0.813. The number of rotatable bonds is 3. The largest absolute Gasteiger partial charge is 0.353 e. The first-order chi connectivity index (χ1) is 8.58. The highest BCUT2D eigenvalue weighted by Gasteiger charge is 2.13. The van der Waals surface area contributed by atoms with Crippen LogP contribution >= 0.6 is 27.5 Å². The van der Waals surface area contributed by atoms with Crippen LogP contribution in [-0.4, -0.2) is 12.0 Å². The minimum absolute atomic E-state index is 0.220. The molecule has 2 rings (SSSR count). The molecule has 0 fully saturated rings. The fourth-order valence-electron chi connectivity index (χ4n) is 1.77. The summed E-state index contributed by atoms with van der Waals surface area (Å²) in [4.78, 5) is 6.52. The molecular weight excluding hydrogens is 312 g/mol. The third-order valence-electron chi connectivity index (χ3n) is 2.99. The fourth-order valence-corrected chi connectivity index (χ4v) is 2.20. The summed E-state index contributed by atoms with van der Waals surface area (Å²) in [6.07, 6.45) is 1.80. The van der Waals surface area contributed by atoms with Gasteiger partial charge < -0.3 is 4.90 Å². The maximum absolute atomic E-state index is 6.02. The second kappa shape index (κ2) is 5.72. The van der Waals surface area contributed by atoms with Crippen LogP contribution in [0.15, 0.2) is 47.1 Å². The lowest BCUT2D eigenvalue weighted by Crippen LogP contribution is -2.22. The smallest absolute Gasteiger partial charge is 0.128 e. The van der Waals surface area contributed by atoms with Gasteiger partial charge in [0.2, 0.25) is 0 Å². The van der Waals surface area contributed by atoms with Crippen LogP contribution in [0.3, 0.4) is 0 Å². The molecule has 0 saturated heterocycles. The van der Waals surface area contributed by atoms with Crippen LogP contribution in [0.1, 0.15) is 18.5 Å². The van der Waals surface area contributed by atoms with Crippen molar-refractivity contribution in [3.8, 4) is 0 Å². The van der Waals surface area contributed by atoms with Crippen molar-refractivity contribution in [3.63, 3.8) is 0 Å². The Balaban J connectivity index is 2.23. The number of hydrogen-bond acceptors (Lipinski definition) is 2. The van der Waals surface area contributed by atoms with Crippen LogP contribution in [0.25, 0.3) is 0 Å². The molecule has 0 aliphatic rings. The molecule has 0 spiro atoms. The number of nitrogens with zero attached hydrogens (tertiary/aromatic N) is 2. The molecule has 1 heterocycles. The Morgan fingerprint density at radius 1 is 1.28 bits per heavy atom. The molecule has 1 unspecified atom stereocenters. The summed E-state index contributed by atoms with van der Waals surface area (Å²) in [5, 5.41) is 0.761. The molecule has 1 aromatic carbocycles. The summed E-state index contributed by atoms with van der Waals surface area (Å²) in [7, 11) is 2.03. The van der Waals surface area contributed by atoms with Gasteiger partial charge >= 0.3 is 0 Å². The lowest BCUT2D eigenvalue weighted by molar-refractivity contribution is 0.729. The van der Waals surface area contributed by atoms with E-state index in [2.05, 4.69) is 38.8 Å². The molecule has 0 aliphatic carbocycles. The zero-order chi connectivity index (χ0) is 13.1. The molecule has 1 atom stereocenters. The van der Waals surface area contributed by atoms with Gasteiger partial charge in [0.1, 0.15) is 5.82 Å². The maximum atomic E-state index is 6.02. The van der Waals surface area contributed by atoms with Crippen molar-refractivity contribution in [1.29, 1.82) is 0 Å². The summed E-state index contributed by atoms with van der Waals surface area (Å²) in [6, 6.07) is 12.1. The van der Waals surface area contributed by atoms with Crippen LogP contribution in [0.4, 0.5) is 5.82 Å². The van der Waals surface area contributed by atoms with E-state index < -0.39 is 0 Å². The topological polar surface area (TPSA) is 16.1 Å². The van der Waals surface area contributed by atoms with Crippen LogP contribution in [0.2, 0.25) is 5.02 Å². The summed E-state index contributed by atoms with van der Waals surface area (Å²) in [5.41, 5.74) is 1.18. The Labute approximate surface area is 121 Å². The Kier molecular flexibility index (Phi) is 4.25. The van der Waals surface area contributed by atoms with Crippen LogP contribution < -0.4 is 4.90 Å². The van der Waals surface area contributed by atoms with Gasteiger partial charge in [-0.15, -0.1) is 0 Å². The number of hydrogen-bond donors (Lipinski definition) is 0. The number of aromatic nitrogens is 1. The minimum atomic E-state index is 0.220. The zero-order valence-corrected chi connectivity index (χ0v) is 12.6. The molecule has 18 heavy (non-hydrogen) atoms. The van der Waals surface area contributed by atoms with Crippen molar-refractivity contribution in [2.75, 3.05) is 11.9 Å². The first kappa shape index (κ1) is 13.4. The molecule has 2 nitrogen and oxygen atoms in total. The van der Waals surface area contributed by atoms with Crippen LogP contribution in [-0.2, 0) is 0 Å². The number of halogens is 2. The van der Waals surface area contributed by atoms with Crippen molar-refractivity contribution in [2.45, 2.75) is 13.0 Å². The number of anilines is 1. The third kappa shape index (κ3) is 3.03. The van der Waals surface area contributed by atoms with E-state index in [1.54, 1.807) is 6.20 Å². The molecule has 0 saturated carbocycles. The Hall–Kier alpha value is -1.06. The summed E-state index contributed by atoms with van der Waals surface area (Å²) in [6.45, 7) is 2.13. The molecule has 0 amide bonds. The highest BCUT2D eigenvalue weighted by molar-refractivity contribution is 9.10. The minimum Gasteiger partial charge on any atom is -0.353 e. The second-order valence-electron chi connectivity index (χ2n) is 4.18. The van der Waals surface area contributed by atoms with E-state index in [4.69, 9.17) is 11.6 Å². The highest BCUT2D eigenvalue weighted by Crippen LogP contribution is 2.26. The molecule has 0 radical (unpaired) electrons. The molecular formula is C14H14BrClN2. The lowest BCUT2D eigenvalue weighted by atomic mass is 10.1. The SMILES string of the molecule is CC(c1cccc(Cl)c1)N(C)c1ccc(Br)cn1. The van der Waals surface area contributed by atoms with E-state index in [9.17, 15) is 0 Å². The standard InChI is InChI=1S/C14H14BrClN2/c1-10(11-4-3-5-13(16)8-11)18(2)14-7-6-12(15)9-17-14/h3-10H,1-2H3. The van der Waals surface area contributed by atoms with Gasteiger partial charge in [0.25, 0.3) is 0 Å². The van der Waals surface area contributed by atoms with E-state index in [1.165, 1.54) is 5.56 Å². The predicted octanol–water partition coefficient (Wildman–Crippen LogP) is 4.69. The van der Waals surface area contributed by atoms with E-state index in [0.717, 1.165) is 15.3 Å². The lowest BCUT2D eigenvalue weighted by Gasteiger charge is -2.26. The van der Waals surface area contributed by atoms with Crippen LogP contribution in [0.5, 0.6) is 0 Å². The maximum Gasteiger partial charge on any atom is 0.128 e. The van der Waals surface area contributed by atoms with Crippen molar-refractivity contribution in [3.05, 3.63) is 57.7 Å². The Morgan fingerprint density at radius 2 is 2.06 bits per heavy atom. The van der Waals surface area contributed by atoms with Gasteiger partial charge in [-0.25, -0.2) is 4.98 Å². The molecule has 0 N–H and O–H groups in total. The molecule has 0 aliphatic heterocycles. The van der Waals surface area contributed by atoms with Gasteiger partial charge in [0.15, 0.2) is 0 Å². The van der Waals surface area contributed by atoms with Gasteiger partial charge in [-0.05, 0) is 52.7 Å².